The monoisotopic (exact) mass is 429 g/mol. The Morgan fingerprint density at radius 1 is 1.24 bits per heavy atom. The van der Waals surface area contributed by atoms with Gasteiger partial charge in [0.15, 0.2) is 5.13 Å². The predicted octanol–water partition coefficient (Wildman–Crippen LogP) is 4.08. The number of carbonyl (C=O) groups excluding carboxylic acids is 1. The molecule has 1 atom stereocenters. The SMILES string of the molecule is CC(O)CCNC(=O)c1ccc2c(c1)nc(Nc1nc3ccc(Cl)cc3s1)n2C. The first-order valence-electron chi connectivity index (χ1n) is 9.16. The normalized spacial score (nSPS) is 12.4. The van der Waals surface area contributed by atoms with Gasteiger partial charge in [-0.25, -0.2) is 9.97 Å². The molecule has 2 heterocycles. The molecule has 0 fully saturated rings. The van der Waals surface area contributed by atoms with Crippen LogP contribution >= 0.6 is 22.9 Å². The quantitative estimate of drug-likeness (QED) is 0.429. The zero-order chi connectivity index (χ0) is 20.5. The van der Waals surface area contributed by atoms with Crippen LogP contribution in [0.1, 0.15) is 23.7 Å². The second-order valence-corrected chi connectivity index (χ2v) is 8.31. The van der Waals surface area contributed by atoms with Gasteiger partial charge in [-0.15, -0.1) is 0 Å². The van der Waals surface area contributed by atoms with Crippen LogP contribution in [0, 0.1) is 0 Å². The van der Waals surface area contributed by atoms with E-state index in [0.29, 0.717) is 35.0 Å². The standard InChI is InChI=1S/C20H20ClN5O2S/c1-11(27)7-8-22-18(28)12-3-6-16-15(9-12)23-19(26(16)2)25-20-24-14-5-4-13(21)10-17(14)29-20/h3-6,9-11,27H,7-8H2,1-2H3,(H,22,28)(H,23,24,25). The Kier molecular flexibility index (Phi) is 5.40. The van der Waals surface area contributed by atoms with Crippen LogP contribution in [0.2, 0.25) is 5.02 Å². The molecule has 4 rings (SSSR count). The summed E-state index contributed by atoms with van der Waals surface area (Å²) in [7, 11) is 1.91. The molecular formula is C20H20ClN5O2S. The summed E-state index contributed by atoms with van der Waals surface area (Å²) >= 11 is 7.55. The molecular weight excluding hydrogens is 410 g/mol. The summed E-state index contributed by atoms with van der Waals surface area (Å²) in [4.78, 5) is 21.5. The fourth-order valence-corrected chi connectivity index (χ4v) is 4.13. The zero-order valence-corrected chi connectivity index (χ0v) is 17.5. The lowest BCUT2D eigenvalue weighted by Gasteiger charge is -2.07. The van der Waals surface area contributed by atoms with Crippen LogP contribution in [0.4, 0.5) is 11.1 Å². The van der Waals surface area contributed by atoms with Gasteiger partial charge in [-0.3, -0.25) is 4.79 Å². The number of halogens is 1. The first-order chi connectivity index (χ1) is 13.9. The molecule has 7 nitrogen and oxygen atoms in total. The average molecular weight is 430 g/mol. The number of hydrogen-bond donors (Lipinski definition) is 3. The molecule has 0 bridgehead atoms. The van der Waals surface area contributed by atoms with Crippen molar-refractivity contribution in [2.45, 2.75) is 19.4 Å². The number of hydrogen-bond acceptors (Lipinski definition) is 6. The van der Waals surface area contributed by atoms with Crippen molar-refractivity contribution in [3.8, 4) is 0 Å². The topological polar surface area (TPSA) is 92.1 Å². The molecule has 0 aliphatic heterocycles. The van der Waals surface area contributed by atoms with Gasteiger partial charge in [-0.05, 0) is 49.7 Å². The van der Waals surface area contributed by atoms with Crippen molar-refractivity contribution in [2.24, 2.45) is 7.05 Å². The number of aliphatic hydroxyl groups excluding tert-OH is 1. The third-order valence-corrected chi connectivity index (χ3v) is 5.73. The predicted molar refractivity (Wildman–Crippen MR) is 117 cm³/mol. The maximum Gasteiger partial charge on any atom is 0.251 e. The summed E-state index contributed by atoms with van der Waals surface area (Å²) in [5, 5.41) is 16.8. The Labute approximate surface area is 176 Å². The van der Waals surface area contributed by atoms with Crippen LogP contribution < -0.4 is 10.6 Å². The lowest BCUT2D eigenvalue weighted by Crippen LogP contribution is -2.26. The Bertz CT molecular complexity index is 1200. The molecule has 9 heteroatoms. The highest BCUT2D eigenvalue weighted by molar-refractivity contribution is 7.22. The number of fused-ring (bicyclic) bond motifs is 2. The molecule has 0 radical (unpaired) electrons. The molecule has 0 saturated carbocycles. The van der Waals surface area contributed by atoms with Crippen LogP contribution in [0.5, 0.6) is 0 Å². The van der Waals surface area contributed by atoms with Crippen molar-refractivity contribution in [3.05, 3.63) is 47.0 Å². The highest BCUT2D eigenvalue weighted by atomic mass is 35.5. The highest BCUT2D eigenvalue weighted by Crippen LogP contribution is 2.31. The summed E-state index contributed by atoms with van der Waals surface area (Å²) in [5.41, 5.74) is 3.01. The van der Waals surface area contributed by atoms with E-state index in [1.807, 2.05) is 35.9 Å². The molecule has 3 N–H and O–H groups in total. The molecule has 150 valence electrons. The summed E-state index contributed by atoms with van der Waals surface area (Å²) in [5.74, 6) is 0.451. The number of aliphatic hydroxyl groups is 1. The Morgan fingerprint density at radius 3 is 2.86 bits per heavy atom. The first-order valence-corrected chi connectivity index (χ1v) is 10.4. The number of aryl methyl sites for hydroxylation is 1. The summed E-state index contributed by atoms with van der Waals surface area (Å²) in [6.07, 6.45) is 0.0692. The number of nitrogens with zero attached hydrogens (tertiary/aromatic N) is 3. The third-order valence-electron chi connectivity index (χ3n) is 4.56. The summed E-state index contributed by atoms with van der Waals surface area (Å²) in [6, 6.07) is 11.0. The molecule has 0 saturated heterocycles. The number of aromatic nitrogens is 3. The first kappa shape index (κ1) is 19.6. The average Bonchev–Trinajstić information content (AvgIpc) is 3.21. The van der Waals surface area contributed by atoms with Gasteiger partial charge >= 0.3 is 0 Å². The number of rotatable bonds is 6. The fourth-order valence-electron chi connectivity index (χ4n) is 3.00. The number of thiazole rings is 1. The van der Waals surface area contributed by atoms with Gasteiger partial charge < -0.3 is 20.3 Å². The second kappa shape index (κ2) is 7.98. The van der Waals surface area contributed by atoms with Crippen LogP contribution in [0.25, 0.3) is 21.3 Å². The minimum atomic E-state index is -0.444. The molecule has 29 heavy (non-hydrogen) atoms. The van der Waals surface area contributed by atoms with Gasteiger partial charge in [0.1, 0.15) is 0 Å². The summed E-state index contributed by atoms with van der Waals surface area (Å²) < 4.78 is 2.92. The van der Waals surface area contributed by atoms with Crippen molar-refractivity contribution in [3.63, 3.8) is 0 Å². The van der Waals surface area contributed by atoms with Crippen LogP contribution in [0.3, 0.4) is 0 Å². The minimum absolute atomic E-state index is 0.184. The fraction of sp³-hybridized carbons (Fsp3) is 0.250. The second-order valence-electron chi connectivity index (χ2n) is 6.85. The van der Waals surface area contributed by atoms with Crippen molar-refractivity contribution >= 4 is 61.2 Å². The summed E-state index contributed by atoms with van der Waals surface area (Å²) in [6.45, 7) is 2.12. The molecule has 2 aromatic carbocycles. The zero-order valence-electron chi connectivity index (χ0n) is 15.9. The highest BCUT2D eigenvalue weighted by Gasteiger charge is 2.13. The van der Waals surface area contributed by atoms with Gasteiger partial charge in [-0.2, -0.15) is 0 Å². The Hall–Kier alpha value is -2.68. The van der Waals surface area contributed by atoms with Gasteiger partial charge in [0.2, 0.25) is 5.95 Å². The lowest BCUT2D eigenvalue weighted by atomic mass is 10.2. The van der Waals surface area contributed by atoms with E-state index in [0.717, 1.165) is 20.9 Å². The van der Waals surface area contributed by atoms with E-state index in [1.165, 1.54) is 11.3 Å². The Balaban J connectivity index is 1.57. The minimum Gasteiger partial charge on any atom is -0.393 e. The van der Waals surface area contributed by atoms with E-state index in [1.54, 1.807) is 19.1 Å². The van der Waals surface area contributed by atoms with E-state index < -0.39 is 6.10 Å². The third kappa shape index (κ3) is 4.19. The molecule has 0 spiro atoms. The lowest BCUT2D eigenvalue weighted by molar-refractivity contribution is 0.0945. The number of imidazole rings is 1. The smallest absolute Gasteiger partial charge is 0.251 e. The van der Waals surface area contributed by atoms with Gasteiger partial charge in [-0.1, -0.05) is 22.9 Å². The van der Waals surface area contributed by atoms with Gasteiger partial charge in [0.05, 0.1) is 27.4 Å². The van der Waals surface area contributed by atoms with E-state index in [4.69, 9.17) is 11.6 Å². The van der Waals surface area contributed by atoms with E-state index in [-0.39, 0.29) is 5.91 Å². The van der Waals surface area contributed by atoms with Crippen molar-refractivity contribution in [2.75, 3.05) is 11.9 Å². The number of amides is 1. The molecule has 1 amide bonds. The maximum atomic E-state index is 12.3. The molecule has 4 aromatic rings. The molecule has 0 aliphatic rings. The Morgan fingerprint density at radius 2 is 2.07 bits per heavy atom. The van der Waals surface area contributed by atoms with Crippen molar-refractivity contribution in [1.29, 1.82) is 0 Å². The maximum absolute atomic E-state index is 12.3. The number of nitrogens with one attached hydrogen (secondary N) is 2. The van der Waals surface area contributed by atoms with Gasteiger partial charge in [0, 0.05) is 24.2 Å². The molecule has 2 aromatic heterocycles. The molecule has 0 aliphatic carbocycles. The van der Waals surface area contributed by atoms with Crippen LogP contribution in [0.15, 0.2) is 36.4 Å². The van der Waals surface area contributed by atoms with Gasteiger partial charge in [0.25, 0.3) is 5.91 Å². The molecule has 1 unspecified atom stereocenters. The van der Waals surface area contributed by atoms with Crippen molar-refractivity contribution in [1.82, 2.24) is 19.9 Å². The number of anilines is 2. The van der Waals surface area contributed by atoms with Crippen LogP contribution in [-0.4, -0.2) is 38.2 Å². The van der Waals surface area contributed by atoms with Crippen LogP contribution in [-0.2, 0) is 7.05 Å². The largest absolute Gasteiger partial charge is 0.393 e. The van der Waals surface area contributed by atoms with Crippen molar-refractivity contribution < 1.29 is 9.90 Å². The van der Waals surface area contributed by atoms with E-state index in [9.17, 15) is 9.90 Å². The van der Waals surface area contributed by atoms with E-state index in [2.05, 4.69) is 20.6 Å². The number of carbonyl (C=O) groups is 1. The van der Waals surface area contributed by atoms with E-state index >= 15 is 0 Å². The number of benzene rings is 2.